The summed E-state index contributed by atoms with van der Waals surface area (Å²) < 4.78 is 44.6. The van der Waals surface area contributed by atoms with Crippen molar-refractivity contribution in [1.82, 2.24) is 9.97 Å². The second-order valence-corrected chi connectivity index (χ2v) is 8.07. The maximum Gasteiger partial charge on any atom is 0.573 e. The minimum atomic E-state index is -4.94. The lowest BCUT2D eigenvalue weighted by molar-refractivity contribution is -0.274. The fraction of sp³-hybridized carbons (Fsp3) is 0.0714. The van der Waals surface area contributed by atoms with E-state index in [9.17, 15) is 18.4 Å². The Kier molecular flexibility index (Phi) is 5.50. The Balaban J connectivity index is 1.86. The van der Waals surface area contributed by atoms with Gasteiger partial charge in [0.05, 0.1) is 12.6 Å². The maximum atomic E-state index is 13.4. The molecule has 1 aliphatic carbocycles. The van der Waals surface area contributed by atoms with Crippen molar-refractivity contribution in [2.75, 3.05) is 0 Å². The molecule has 0 atom stereocenters. The minimum absolute atomic E-state index is 0.208. The zero-order valence-electron chi connectivity index (χ0n) is 18.8. The van der Waals surface area contributed by atoms with Crippen LogP contribution in [-0.2, 0) is 0 Å². The van der Waals surface area contributed by atoms with Gasteiger partial charge in [0.2, 0.25) is 0 Å². The van der Waals surface area contributed by atoms with E-state index in [2.05, 4.69) is 19.5 Å². The number of nitriles is 1. The number of aryl methyl sites for hydroxylation is 1. The third-order valence-electron chi connectivity index (χ3n) is 5.98. The summed E-state index contributed by atoms with van der Waals surface area (Å²) in [5.74, 6) is -0.425. The lowest BCUT2D eigenvalue weighted by atomic mass is 9.93. The Hall–Kier alpha value is -4.95. The summed E-state index contributed by atoms with van der Waals surface area (Å²) in [6.45, 7) is 9.44. The maximum absolute atomic E-state index is 13.4. The summed E-state index contributed by atoms with van der Waals surface area (Å²) in [4.78, 5) is 11.4. The molecule has 1 aliphatic rings. The molecular formula is C28H15F3N4O. The van der Waals surface area contributed by atoms with Crippen LogP contribution in [0.3, 0.4) is 0 Å². The number of rotatable bonds is 3. The summed E-state index contributed by atoms with van der Waals surface area (Å²) in [6.07, 6.45) is 1.38. The molecule has 2 aromatic heterocycles. The normalized spacial score (nSPS) is 13.3. The highest BCUT2D eigenvalue weighted by Gasteiger charge is 2.35. The number of alkyl halides is 3. The topological polar surface area (TPSA) is 63.2 Å². The molecule has 2 heterocycles. The number of allylic oxidation sites excluding steroid dienone is 1. The van der Waals surface area contributed by atoms with Crippen LogP contribution in [0.5, 0.6) is 5.75 Å². The predicted molar refractivity (Wildman–Crippen MR) is 128 cm³/mol. The molecule has 0 fully saturated rings. The van der Waals surface area contributed by atoms with Crippen LogP contribution in [0.1, 0.15) is 16.7 Å². The van der Waals surface area contributed by atoms with Crippen LogP contribution < -0.4 is 4.74 Å². The first-order valence-corrected chi connectivity index (χ1v) is 10.7. The van der Waals surface area contributed by atoms with Gasteiger partial charge in [-0.3, -0.25) is 9.97 Å². The van der Waals surface area contributed by atoms with Crippen LogP contribution >= 0.6 is 0 Å². The Morgan fingerprint density at radius 1 is 0.833 bits per heavy atom. The standard InChI is InChI=1S/C28H15F3N4O/c1-16-11-23-21(12-19(16)17-3-7-34-8-4-17)22-13-20(18-5-9-35-10-6-18)26(36-28(29,30)31)14-24(22)27(23)25(15-32)33-2/h3-14H,1H3/b27-25+. The van der Waals surface area contributed by atoms with Gasteiger partial charge in [-0.15, -0.1) is 13.2 Å². The van der Waals surface area contributed by atoms with Crippen molar-refractivity contribution in [3.63, 3.8) is 0 Å². The largest absolute Gasteiger partial charge is 0.573 e. The van der Waals surface area contributed by atoms with E-state index in [1.54, 1.807) is 30.6 Å². The van der Waals surface area contributed by atoms with Crippen LogP contribution in [0.25, 0.3) is 43.8 Å². The zero-order chi connectivity index (χ0) is 25.4. The molecule has 174 valence electrons. The average Bonchev–Trinajstić information content (AvgIpc) is 3.16. The summed E-state index contributed by atoms with van der Waals surface area (Å²) >= 11 is 0. The number of aromatic nitrogens is 2. The average molecular weight is 480 g/mol. The molecule has 4 aromatic rings. The lowest BCUT2D eigenvalue weighted by Gasteiger charge is -2.16. The Bertz CT molecular complexity index is 1600. The van der Waals surface area contributed by atoms with E-state index in [-0.39, 0.29) is 16.8 Å². The van der Waals surface area contributed by atoms with Crippen molar-refractivity contribution in [3.05, 3.63) is 107 Å². The summed E-state index contributed by atoms with van der Waals surface area (Å²) in [5.41, 5.74) is 5.75. The monoisotopic (exact) mass is 480 g/mol. The third kappa shape index (κ3) is 3.95. The van der Waals surface area contributed by atoms with Crippen LogP contribution in [0.4, 0.5) is 13.2 Å². The first kappa shape index (κ1) is 22.8. The van der Waals surface area contributed by atoms with Crippen LogP contribution in [0, 0.1) is 24.8 Å². The summed E-state index contributed by atoms with van der Waals surface area (Å²) in [5, 5.41) is 9.68. The molecule has 5 nitrogen and oxygen atoms in total. The lowest BCUT2D eigenvalue weighted by Crippen LogP contribution is -2.17. The molecular weight excluding hydrogens is 465 g/mol. The Morgan fingerprint density at radius 2 is 1.36 bits per heavy atom. The molecule has 0 N–H and O–H groups in total. The van der Waals surface area contributed by atoms with Crippen molar-refractivity contribution < 1.29 is 17.9 Å². The zero-order valence-corrected chi connectivity index (χ0v) is 18.8. The van der Waals surface area contributed by atoms with Crippen LogP contribution in [0.2, 0.25) is 0 Å². The molecule has 0 saturated carbocycles. The predicted octanol–water partition coefficient (Wildman–Crippen LogP) is 7.20. The number of hydrogen-bond donors (Lipinski definition) is 0. The van der Waals surface area contributed by atoms with Crippen molar-refractivity contribution in [3.8, 4) is 45.2 Å². The molecule has 0 unspecified atom stereocenters. The molecule has 36 heavy (non-hydrogen) atoms. The molecule has 0 spiro atoms. The SMILES string of the molecule is [C-]#[N+]/C(C#N)=C1\c2cc(C)c(-c3ccncc3)cc2-c2cc(-c3ccncc3)c(OC(F)(F)F)cc21. The minimum Gasteiger partial charge on any atom is -0.405 e. The molecule has 0 saturated heterocycles. The highest BCUT2D eigenvalue weighted by atomic mass is 19.4. The van der Waals surface area contributed by atoms with Gasteiger partial charge in [0.1, 0.15) is 5.75 Å². The molecule has 0 radical (unpaired) electrons. The van der Waals surface area contributed by atoms with Gasteiger partial charge in [-0.1, -0.05) is 6.07 Å². The third-order valence-corrected chi connectivity index (χ3v) is 5.98. The van der Waals surface area contributed by atoms with E-state index in [0.717, 1.165) is 16.7 Å². The first-order chi connectivity index (χ1) is 17.3. The van der Waals surface area contributed by atoms with Gasteiger partial charge >= 0.3 is 6.36 Å². The van der Waals surface area contributed by atoms with Crippen molar-refractivity contribution in [1.29, 1.82) is 5.26 Å². The van der Waals surface area contributed by atoms with E-state index >= 15 is 0 Å². The van der Waals surface area contributed by atoms with Crippen molar-refractivity contribution in [2.24, 2.45) is 0 Å². The number of benzene rings is 2. The van der Waals surface area contributed by atoms with Gasteiger partial charge in [0.15, 0.2) is 0 Å². The number of ether oxygens (including phenoxy) is 1. The molecule has 8 heteroatoms. The van der Waals surface area contributed by atoms with Gasteiger partial charge in [-0.05, 0) is 93.9 Å². The van der Waals surface area contributed by atoms with Crippen molar-refractivity contribution in [2.45, 2.75) is 13.3 Å². The number of hydrogen-bond acceptors (Lipinski definition) is 4. The second kappa shape index (κ2) is 8.68. The van der Waals surface area contributed by atoms with Crippen LogP contribution in [-0.4, -0.2) is 16.3 Å². The van der Waals surface area contributed by atoms with Gasteiger partial charge in [-0.2, -0.15) is 0 Å². The van der Waals surface area contributed by atoms with E-state index in [1.807, 2.05) is 37.3 Å². The smallest absolute Gasteiger partial charge is 0.405 e. The number of nitrogens with zero attached hydrogens (tertiary/aromatic N) is 4. The van der Waals surface area contributed by atoms with Crippen LogP contribution in [0.15, 0.2) is 79.0 Å². The Morgan fingerprint density at radius 3 is 1.89 bits per heavy atom. The Labute approximate surface area is 204 Å². The van der Waals surface area contributed by atoms with E-state index < -0.39 is 12.1 Å². The van der Waals surface area contributed by atoms with Gasteiger partial charge in [-0.25, -0.2) is 10.1 Å². The summed E-state index contributed by atoms with van der Waals surface area (Å²) in [7, 11) is 0. The highest BCUT2D eigenvalue weighted by molar-refractivity contribution is 6.06. The van der Waals surface area contributed by atoms with Gasteiger partial charge in [0, 0.05) is 35.9 Å². The van der Waals surface area contributed by atoms with E-state index in [0.29, 0.717) is 27.8 Å². The molecule has 0 amide bonds. The number of fused-ring (bicyclic) bond motifs is 3. The summed E-state index contributed by atoms with van der Waals surface area (Å²) in [6, 6.07) is 15.5. The quantitative estimate of drug-likeness (QED) is 0.202. The molecule has 5 rings (SSSR count). The first-order valence-electron chi connectivity index (χ1n) is 10.7. The molecule has 2 aromatic carbocycles. The molecule has 0 aliphatic heterocycles. The van der Waals surface area contributed by atoms with Gasteiger partial charge < -0.3 is 4.74 Å². The fourth-order valence-electron chi connectivity index (χ4n) is 4.49. The number of pyridine rings is 2. The fourth-order valence-corrected chi connectivity index (χ4v) is 4.49. The molecule has 0 bridgehead atoms. The highest BCUT2D eigenvalue weighted by Crippen LogP contribution is 2.51. The van der Waals surface area contributed by atoms with Gasteiger partial charge in [0.25, 0.3) is 5.70 Å². The second-order valence-electron chi connectivity index (χ2n) is 8.07. The number of halogens is 3. The van der Waals surface area contributed by atoms with E-state index in [1.165, 1.54) is 18.5 Å². The van der Waals surface area contributed by atoms with Crippen molar-refractivity contribution >= 4 is 5.57 Å². The van der Waals surface area contributed by atoms with E-state index in [4.69, 9.17) is 6.57 Å².